The molecule has 0 aromatic rings. The van der Waals surface area contributed by atoms with Gasteiger partial charge in [-0.2, -0.15) is 0 Å². The van der Waals surface area contributed by atoms with E-state index in [-0.39, 0.29) is 17.4 Å². The van der Waals surface area contributed by atoms with Gasteiger partial charge in [0, 0.05) is 12.8 Å². The highest BCUT2D eigenvalue weighted by molar-refractivity contribution is 5.75. The van der Waals surface area contributed by atoms with Gasteiger partial charge in [-0.25, -0.2) is 0 Å². The highest BCUT2D eigenvalue weighted by atomic mass is 27.0. The lowest BCUT2D eigenvalue weighted by Crippen LogP contribution is -1.93. The smallest absolute Gasteiger partial charge is 0.303 e. The third-order valence-electron chi connectivity index (χ3n) is 7.99. The Hall–Kier alpha value is -0.528. The number of rotatable bonds is 32. The maximum absolute atomic E-state index is 10.3. The molecule has 4 nitrogen and oxygen atoms in total. The third kappa shape index (κ3) is 49.5. The summed E-state index contributed by atoms with van der Waals surface area (Å²) in [5.74, 6) is -1.31. The first kappa shape index (κ1) is 44.9. The fraction of sp³-hybridized carbons (Fsp3) is 0.944. The van der Waals surface area contributed by atoms with Crippen molar-refractivity contribution < 1.29 is 19.8 Å². The number of unbranched alkanes of at least 4 members (excludes halogenated alkanes) is 28. The molecular weight excluding hydrogens is 523 g/mol. The molecule has 0 aromatic heterocycles. The van der Waals surface area contributed by atoms with Gasteiger partial charge in [-0.1, -0.05) is 194 Å². The summed E-state index contributed by atoms with van der Waals surface area (Å²) in [5, 5.41) is 17.0. The molecule has 0 unspecified atom stereocenters. The molecule has 0 aliphatic heterocycles. The average molecular weight is 597 g/mol. The Balaban J connectivity index is -0.000000688. The molecule has 0 amide bonds. The van der Waals surface area contributed by atoms with E-state index in [0.717, 1.165) is 25.7 Å². The molecule has 0 heterocycles. The minimum Gasteiger partial charge on any atom is -0.481 e. The Morgan fingerprint density at radius 1 is 0.317 bits per heavy atom. The second-order valence-corrected chi connectivity index (χ2v) is 12.2. The molecule has 244 valence electrons. The van der Waals surface area contributed by atoms with Crippen molar-refractivity contribution in [2.75, 3.05) is 0 Å². The van der Waals surface area contributed by atoms with Crippen LogP contribution in [-0.2, 0) is 9.59 Å². The molecule has 0 saturated carbocycles. The van der Waals surface area contributed by atoms with Gasteiger partial charge in [0.15, 0.2) is 0 Å². The largest absolute Gasteiger partial charge is 0.481 e. The Morgan fingerprint density at radius 3 is 0.610 bits per heavy atom. The highest BCUT2D eigenvalue weighted by Crippen LogP contribution is 2.15. The van der Waals surface area contributed by atoms with Gasteiger partial charge in [0.25, 0.3) is 0 Å². The first-order chi connectivity index (χ1) is 19.5. The van der Waals surface area contributed by atoms with Crippen molar-refractivity contribution in [1.82, 2.24) is 0 Å². The van der Waals surface area contributed by atoms with E-state index in [9.17, 15) is 9.59 Å². The number of hydrogen-bond acceptors (Lipinski definition) is 2. The first-order valence-corrected chi connectivity index (χ1v) is 18.0. The third-order valence-corrected chi connectivity index (χ3v) is 7.99. The Labute approximate surface area is 267 Å². The molecule has 0 saturated heterocycles. The summed E-state index contributed by atoms with van der Waals surface area (Å²) in [6.07, 6.45) is 40.4. The Kier molecular flexibility index (Phi) is 45.6. The second kappa shape index (κ2) is 41.6. The molecule has 0 spiro atoms. The van der Waals surface area contributed by atoms with Crippen LogP contribution in [0.1, 0.15) is 219 Å². The van der Waals surface area contributed by atoms with E-state index in [4.69, 9.17) is 10.2 Å². The molecule has 2 radical (unpaired) electrons. The summed E-state index contributed by atoms with van der Waals surface area (Å²) in [4.78, 5) is 20.7. The van der Waals surface area contributed by atoms with Gasteiger partial charge in [0.2, 0.25) is 0 Å². The zero-order valence-electron chi connectivity index (χ0n) is 28.0. The van der Waals surface area contributed by atoms with Crippen LogP contribution in [-0.4, -0.2) is 39.5 Å². The van der Waals surface area contributed by atoms with E-state index < -0.39 is 11.9 Å². The van der Waals surface area contributed by atoms with E-state index in [1.807, 2.05) is 0 Å². The Bertz CT molecular complexity index is 454. The van der Waals surface area contributed by atoms with Gasteiger partial charge in [-0.05, 0) is 12.8 Å². The molecule has 0 aliphatic carbocycles. The van der Waals surface area contributed by atoms with E-state index in [2.05, 4.69) is 13.8 Å². The maximum Gasteiger partial charge on any atom is 0.303 e. The van der Waals surface area contributed by atoms with Crippen molar-refractivity contribution in [3.8, 4) is 0 Å². The predicted molar refractivity (Wildman–Crippen MR) is 182 cm³/mol. The van der Waals surface area contributed by atoms with Gasteiger partial charge in [-0.3, -0.25) is 9.59 Å². The van der Waals surface area contributed by atoms with Gasteiger partial charge in [0.05, 0.1) is 17.4 Å². The quantitative estimate of drug-likeness (QED) is 0.0598. The van der Waals surface area contributed by atoms with Crippen LogP contribution in [0.3, 0.4) is 0 Å². The molecule has 0 atom stereocenters. The molecule has 2 N–H and O–H groups in total. The lowest BCUT2D eigenvalue weighted by atomic mass is 10.0. The van der Waals surface area contributed by atoms with E-state index in [0.29, 0.717) is 12.8 Å². The standard InChI is InChI=1S/2C18H36O2.Al.H/c2*1-2-3-4-5-6-7-8-9-10-11-12-13-14-15-16-17-18(19)20;;/h2*2-17H2,1H3,(H,19,20);;. The van der Waals surface area contributed by atoms with Gasteiger partial charge in [-0.15, -0.1) is 0 Å². The summed E-state index contributed by atoms with van der Waals surface area (Å²) in [5.41, 5.74) is 0. The first-order valence-electron chi connectivity index (χ1n) is 18.0. The minimum absolute atomic E-state index is 0. The fourth-order valence-corrected chi connectivity index (χ4v) is 5.30. The zero-order valence-corrected chi connectivity index (χ0v) is 29.5. The van der Waals surface area contributed by atoms with Crippen LogP contribution in [0.2, 0.25) is 0 Å². The molecule has 41 heavy (non-hydrogen) atoms. The lowest BCUT2D eigenvalue weighted by Gasteiger charge is -2.03. The van der Waals surface area contributed by atoms with Crippen LogP contribution in [0.4, 0.5) is 0 Å². The second-order valence-electron chi connectivity index (χ2n) is 12.2. The van der Waals surface area contributed by atoms with Crippen molar-refractivity contribution in [1.29, 1.82) is 0 Å². The lowest BCUT2D eigenvalue weighted by molar-refractivity contribution is -0.138. The summed E-state index contributed by atoms with van der Waals surface area (Å²) in [7, 11) is 0. The zero-order chi connectivity index (χ0) is 29.8. The molecular formula is C36H73AlO4. The molecule has 5 heteroatoms. The number of carboxylic acid groups (broad SMARTS) is 2. The highest BCUT2D eigenvalue weighted by Gasteiger charge is 1.98. The monoisotopic (exact) mass is 597 g/mol. The van der Waals surface area contributed by atoms with Gasteiger partial charge < -0.3 is 10.2 Å². The van der Waals surface area contributed by atoms with Crippen LogP contribution >= 0.6 is 0 Å². The van der Waals surface area contributed by atoms with Gasteiger partial charge in [0.1, 0.15) is 0 Å². The minimum atomic E-state index is -0.653. The predicted octanol–water partition coefficient (Wildman–Crippen LogP) is 12.0. The van der Waals surface area contributed by atoms with Crippen molar-refractivity contribution in [2.45, 2.75) is 219 Å². The number of carbonyl (C=O) groups is 2. The summed E-state index contributed by atoms with van der Waals surface area (Å²) in [6, 6.07) is 0. The molecule has 0 bridgehead atoms. The van der Waals surface area contributed by atoms with Crippen molar-refractivity contribution >= 4 is 29.3 Å². The van der Waals surface area contributed by atoms with Crippen LogP contribution in [0.5, 0.6) is 0 Å². The van der Waals surface area contributed by atoms with E-state index in [1.165, 1.54) is 167 Å². The summed E-state index contributed by atoms with van der Waals surface area (Å²) < 4.78 is 0. The molecule has 0 rings (SSSR count). The Morgan fingerprint density at radius 2 is 0.463 bits per heavy atom. The molecule has 0 fully saturated rings. The molecule has 0 aromatic carbocycles. The van der Waals surface area contributed by atoms with Crippen LogP contribution < -0.4 is 0 Å². The average Bonchev–Trinajstić information content (AvgIpc) is 2.93. The molecule has 0 aliphatic rings. The van der Waals surface area contributed by atoms with Crippen molar-refractivity contribution in [2.24, 2.45) is 0 Å². The maximum atomic E-state index is 10.3. The van der Waals surface area contributed by atoms with Crippen LogP contribution in [0.15, 0.2) is 0 Å². The van der Waals surface area contributed by atoms with Crippen LogP contribution in [0, 0.1) is 0 Å². The SMILES string of the molecule is CCCCCCCCCCCCCCCCCC(=O)O.CCCCCCCCCCCCCCCCCC(=O)O.[AlH]. The number of carboxylic acids is 2. The fourth-order valence-electron chi connectivity index (χ4n) is 5.30. The van der Waals surface area contributed by atoms with Gasteiger partial charge >= 0.3 is 11.9 Å². The summed E-state index contributed by atoms with van der Waals surface area (Å²) >= 11 is 0. The topological polar surface area (TPSA) is 74.6 Å². The van der Waals surface area contributed by atoms with E-state index >= 15 is 0 Å². The number of aliphatic carboxylic acids is 2. The van der Waals surface area contributed by atoms with Crippen molar-refractivity contribution in [3.05, 3.63) is 0 Å². The number of hydrogen-bond donors (Lipinski definition) is 2. The van der Waals surface area contributed by atoms with Crippen molar-refractivity contribution in [3.63, 3.8) is 0 Å². The van der Waals surface area contributed by atoms with Crippen LogP contribution in [0.25, 0.3) is 0 Å². The summed E-state index contributed by atoms with van der Waals surface area (Å²) in [6.45, 7) is 4.54. The normalized spacial score (nSPS) is 10.6. The van der Waals surface area contributed by atoms with E-state index in [1.54, 1.807) is 0 Å².